The van der Waals surface area contributed by atoms with Gasteiger partial charge in [-0.25, -0.2) is 0 Å². The van der Waals surface area contributed by atoms with Crippen LogP contribution in [0.5, 0.6) is 17.2 Å². The smallest absolute Gasteiger partial charge is 0.325 e. The predicted molar refractivity (Wildman–Crippen MR) is 97.2 cm³/mol. The second kappa shape index (κ2) is 10.9. The molecule has 27 heavy (non-hydrogen) atoms. The maximum absolute atomic E-state index is 12.3. The van der Waals surface area contributed by atoms with Gasteiger partial charge in [-0.15, -0.1) is 0 Å². The summed E-state index contributed by atoms with van der Waals surface area (Å²) < 4.78 is 20.4. The molecule has 2 N–H and O–H groups in total. The van der Waals surface area contributed by atoms with Gasteiger partial charge in [-0.3, -0.25) is 14.4 Å². The molecule has 0 aromatic heterocycles. The highest BCUT2D eigenvalue weighted by Gasteiger charge is 2.18. The van der Waals surface area contributed by atoms with E-state index in [0.717, 1.165) is 0 Å². The number of ether oxygens (including phenoxy) is 4. The van der Waals surface area contributed by atoms with Gasteiger partial charge in [0.15, 0.2) is 18.1 Å². The van der Waals surface area contributed by atoms with Gasteiger partial charge in [-0.2, -0.15) is 0 Å². The summed E-state index contributed by atoms with van der Waals surface area (Å²) >= 11 is 0. The fraction of sp³-hybridized carbons (Fsp3) is 0.500. The molecule has 0 fully saturated rings. The molecule has 0 aliphatic rings. The van der Waals surface area contributed by atoms with Crippen molar-refractivity contribution in [1.82, 2.24) is 10.6 Å². The molecule has 0 bridgehead atoms. The van der Waals surface area contributed by atoms with Crippen molar-refractivity contribution in [1.29, 1.82) is 0 Å². The van der Waals surface area contributed by atoms with Crippen molar-refractivity contribution in [3.05, 3.63) is 17.7 Å². The predicted octanol–water partition coefficient (Wildman–Crippen LogP) is 0.758. The lowest BCUT2D eigenvalue weighted by molar-refractivity contribution is -0.147. The van der Waals surface area contributed by atoms with E-state index >= 15 is 0 Å². The second-order valence-electron chi connectivity index (χ2n) is 5.96. The SMILES string of the molecule is COc1cc(C(=O)NCC(=O)OCC(=O)NCC(C)C)cc(OC)c1OC. The standard InChI is InChI=1S/C18H26N2O7/c1-11(2)8-19-15(21)10-27-16(22)9-20-18(23)12-6-13(24-3)17(26-5)14(7-12)25-4/h6-7,11H,8-10H2,1-5H3,(H,19,21)(H,20,23). The van der Waals surface area contributed by atoms with E-state index < -0.39 is 24.4 Å². The third kappa shape index (κ3) is 7.04. The first-order valence-electron chi connectivity index (χ1n) is 8.32. The highest BCUT2D eigenvalue weighted by atomic mass is 16.5. The summed E-state index contributed by atoms with van der Waals surface area (Å²) in [6.07, 6.45) is 0. The normalized spacial score (nSPS) is 10.1. The van der Waals surface area contributed by atoms with Crippen LogP contribution >= 0.6 is 0 Å². The first kappa shape index (κ1) is 22.1. The number of benzene rings is 1. The van der Waals surface area contributed by atoms with Crippen molar-refractivity contribution in [2.45, 2.75) is 13.8 Å². The van der Waals surface area contributed by atoms with E-state index in [1.54, 1.807) is 0 Å². The molecule has 9 heteroatoms. The molecule has 0 saturated heterocycles. The minimum absolute atomic E-state index is 0.215. The molecule has 0 heterocycles. The zero-order valence-electron chi connectivity index (χ0n) is 16.2. The van der Waals surface area contributed by atoms with Crippen molar-refractivity contribution in [2.24, 2.45) is 5.92 Å². The first-order valence-corrected chi connectivity index (χ1v) is 8.32. The summed E-state index contributed by atoms with van der Waals surface area (Å²) in [5.74, 6) is -0.387. The Balaban J connectivity index is 2.59. The van der Waals surface area contributed by atoms with Gasteiger partial charge in [0.2, 0.25) is 5.75 Å². The number of amides is 2. The zero-order valence-corrected chi connectivity index (χ0v) is 16.2. The van der Waals surface area contributed by atoms with Gasteiger partial charge < -0.3 is 29.6 Å². The van der Waals surface area contributed by atoms with Crippen molar-refractivity contribution < 1.29 is 33.3 Å². The van der Waals surface area contributed by atoms with Crippen LogP contribution in [0.3, 0.4) is 0 Å². The number of rotatable bonds is 10. The van der Waals surface area contributed by atoms with Crippen LogP contribution in [0.1, 0.15) is 24.2 Å². The molecule has 1 aromatic rings. The Bertz CT molecular complexity index is 649. The van der Waals surface area contributed by atoms with Crippen molar-refractivity contribution in [2.75, 3.05) is 41.0 Å². The number of carbonyl (C=O) groups excluding carboxylic acids is 3. The monoisotopic (exact) mass is 382 g/mol. The van der Waals surface area contributed by atoms with Gasteiger partial charge in [-0.1, -0.05) is 13.8 Å². The van der Waals surface area contributed by atoms with Crippen molar-refractivity contribution in [3.63, 3.8) is 0 Å². The average molecular weight is 382 g/mol. The van der Waals surface area contributed by atoms with Crippen molar-refractivity contribution in [3.8, 4) is 17.2 Å². The van der Waals surface area contributed by atoms with Crippen LogP contribution in [-0.2, 0) is 14.3 Å². The van der Waals surface area contributed by atoms with Crippen LogP contribution in [0.25, 0.3) is 0 Å². The van der Waals surface area contributed by atoms with Gasteiger partial charge in [0.25, 0.3) is 11.8 Å². The fourth-order valence-electron chi connectivity index (χ4n) is 2.03. The summed E-state index contributed by atoms with van der Waals surface area (Å²) in [4.78, 5) is 35.4. The molecule has 0 aliphatic heterocycles. The van der Waals surface area contributed by atoms with Crippen LogP contribution in [-0.4, -0.2) is 58.8 Å². The topological polar surface area (TPSA) is 112 Å². The van der Waals surface area contributed by atoms with E-state index in [-0.39, 0.29) is 12.1 Å². The number of hydrogen-bond acceptors (Lipinski definition) is 7. The molecular weight excluding hydrogens is 356 g/mol. The number of carbonyl (C=O) groups is 3. The Kier molecular flexibility index (Phi) is 8.91. The lowest BCUT2D eigenvalue weighted by Gasteiger charge is -2.14. The third-order valence-electron chi connectivity index (χ3n) is 3.39. The van der Waals surface area contributed by atoms with Crippen LogP contribution in [0.15, 0.2) is 12.1 Å². The fourth-order valence-corrected chi connectivity index (χ4v) is 2.03. The molecule has 2 amide bonds. The Morgan fingerprint density at radius 2 is 1.56 bits per heavy atom. The molecule has 0 unspecified atom stereocenters. The summed E-state index contributed by atoms with van der Waals surface area (Å²) in [6.45, 7) is 3.61. The van der Waals surface area contributed by atoms with Crippen LogP contribution in [0.2, 0.25) is 0 Å². The van der Waals surface area contributed by atoms with E-state index in [9.17, 15) is 14.4 Å². The minimum atomic E-state index is -0.726. The highest BCUT2D eigenvalue weighted by Crippen LogP contribution is 2.38. The summed E-state index contributed by atoms with van der Waals surface area (Å²) in [7, 11) is 4.31. The quantitative estimate of drug-likeness (QED) is 0.575. The largest absolute Gasteiger partial charge is 0.493 e. The molecule has 0 spiro atoms. The van der Waals surface area contributed by atoms with Gasteiger partial charge in [0.1, 0.15) is 6.54 Å². The van der Waals surface area contributed by atoms with Gasteiger partial charge >= 0.3 is 5.97 Å². The molecule has 0 atom stereocenters. The molecule has 150 valence electrons. The van der Waals surface area contributed by atoms with E-state index in [1.165, 1.54) is 33.5 Å². The highest BCUT2D eigenvalue weighted by molar-refractivity contribution is 5.97. The Morgan fingerprint density at radius 3 is 2.04 bits per heavy atom. The Hall–Kier alpha value is -2.97. The molecule has 9 nitrogen and oxygen atoms in total. The van der Waals surface area contributed by atoms with E-state index in [4.69, 9.17) is 18.9 Å². The molecular formula is C18H26N2O7. The van der Waals surface area contributed by atoms with E-state index in [1.807, 2.05) is 13.8 Å². The summed E-state index contributed by atoms with van der Waals surface area (Å²) in [5.41, 5.74) is 0.215. The molecule has 1 aromatic carbocycles. The molecule has 0 aliphatic carbocycles. The first-order chi connectivity index (χ1) is 12.8. The van der Waals surface area contributed by atoms with Gasteiger partial charge in [-0.05, 0) is 18.1 Å². The maximum atomic E-state index is 12.3. The molecule has 0 radical (unpaired) electrons. The number of esters is 1. The lowest BCUT2D eigenvalue weighted by Crippen LogP contribution is -2.35. The van der Waals surface area contributed by atoms with Crippen LogP contribution in [0.4, 0.5) is 0 Å². The minimum Gasteiger partial charge on any atom is -0.493 e. The van der Waals surface area contributed by atoms with Gasteiger partial charge in [0.05, 0.1) is 21.3 Å². The van der Waals surface area contributed by atoms with E-state index in [0.29, 0.717) is 29.7 Å². The summed E-state index contributed by atoms with van der Waals surface area (Å²) in [6, 6.07) is 2.92. The maximum Gasteiger partial charge on any atom is 0.325 e. The third-order valence-corrected chi connectivity index (χ3v) is 3.39. The average Bonchev–Trinajstić information content (AvgIpc) is 2.67. The number of methoxy groups -OCH3 is 3. The Morgan fingerprint density at radius 1 is 0.963 bits per heavy atom. The second-order valence-corrected chi connectivity index (χ2v) is 5.96. The molecule has 1 rings (SSSR count). The Labute approximate surface area is 158 Å². The van der Waals surface area contributed by atoms with Crippen molar-refractivity contribution >= 4 is 17.8 Å². The van der Waals surface area contributed by atoms with Crippen LogP contribution in [0, 0.1) is 5.92 Å². The van der Waals surface area contributed by atoms with Crippen LogP contribution < -0.4 is 24.8 Å². The number of hydrogen-bond donors (Lipinski definition) is 2. The molecule has 0 saturated carbocycles. The number of nitrogens with one attached hydrogen (secondary N) is 2. The lowest BCUT2D eigenvalue weighted by atomic mass is 10.1. The van der Waals surface area contributed by atoms with E-state index in [2.05, 4.69) is 10.6 Å². The van der Waals surface area contributed by atoms with Gasteiger partial charge in [0, 0.05) is 12.1 Å². The zero-order chi connectivity index (χ0) is 20.4. The summed E-state index contributed by atoms with van der Waals surface area (Å²) in [5, 5.41) is 5.04.